The molecule has 26 heavy (non-hydrogen) atoms. The summed E-state index contributed by atoms with van der Waals surface area (Å²) in [6.45, 7) is 13.0. The van der Waals surface area contributed by atoms with Crippen LogP contribution in [0.5, 0.6) is 0 Å². The molecule has 1 unspecified atom stereocenters. The number of hydrogen-bond acceptors (Lipinski definition) is 4. The summed E-state index contributed by atoms with van der Waals surface area (Å²) in [5, 5.41) is 3.68. The van der Waals surface area contributed by atoms with Gasteiger partial charge in [0.1, 0.15) is 0 Å². The van der Waals surface area contributed by atoms with Crippen molar-refractivity contribution in [1.29, 1.82) is 0 Å². The molecule has 1 saturated heterocycles. The second kappa shape index (κ2) is 11.0. The van der Waals surface area contributed by atoms with Crippen LogP contribution in [0.1, 0.15) is 50.9 Å². The van der Waals surface area contributed by atoms with E-state index in [1.807, 2.05) is 24.3 Å². The van der Waals surface area contributed by atoms with Crippen LogP contribution in [-0.2, 0) is 4.74 Å². The van der Waals surface area contributed by atoms with Gasteiger partial charge in [-0.1, -0.05) is 52.7 Å². The third-order valence-electron chi connectivity index (χ3n) is 5.07. The van der Waals surface area contributed by atoms with E-state index in [0.29, 0.717) is 23.8 Å². The molecule has 1 fully saturated rings. The minimum atomic E-state index is 0.0398. The highest BCUT2D eigenvalue weighted by Crippen LogP contribution is 2.26. The van der Waals surface area contributed by atoms with Gasteiger partial charge in [0.05, 0.1) is 18.8 Å². The molecule has 0 spiro atoms. The molecule has 0 bridgehead atoms. The maximum Gasteiger partial charge on any atom is 0.252 e. The second-order valence-corrected chi connectivity index (χ2v) is 8.78. The Balaban J connectivity index is 2.06. The molecule has 1 aliphatic rings. The topological polar surface area (TPSA) is 41.6 Å². The van der Waals surface area contributed by atoms with E-state index in [1.54, 1.807) is 11.8 Å². The van der Waals surface area contributed by atoms with Gasteiger partial charge in [0, 0.05) is 35.8 Å². The maximum atomic E-state index is 12.9. The van der Waals surface area contributed by atoms with Crippen LogP contribution in [0.25, 0.3) is 0 Å². The SMILES string of the molecule is CCC(CC)C(CNC(=O)c1ccccc1SC(C)C)N1CCOCC1. The lowest BCUT2D eigenvalue weighted by atomic mass is 9.92. The van der Waals surface area contributed by atoms with Crippen molar-refractivity contribution in [3.8, 4) is 0 Å². The molecule has 1 amide bonds. The summed E-state index contributed by atoms with van der Waals surface area (Å²) in [5.41, 5.74) is 0.788. The summed E-state index contributed by atoms with van der Waals surface area (Å²) in [6, 6.07) is 8.30. The molecule has 0 radical (unpaired) electrons. The van der Waals surface area contributed by atoms with Crippen molar-refractivity contribution in [2.45, 2.75) is 56.7 Å². The predicted octanol–water partition coefficient (Wildman–Crippen LogP) is 4.05. The second-order valence-electron chi connectivity index (χ2n) is 7.17. The van der Waals surface area contributed by atoms with E-state index in [4.69, 9.17) is 4.74 Å². The van der Waals surface area contributed by atoms with Crippen molar-refractivity contribution >= 4 is 17.7 Å². The third-order valence-corrected chi connectivity index (χ3v) is 6.16. The van der Waals surface area contributed by atoms with E-state index >= 15 is 0 Å². The van der Waals surface area contributed by atoms with Crippen LogP contribution in [-0.4, -0.2) is 54.9 Å². The van der Waals surface area contributed by atoms with Gasteiger partial charge in [0.2, 0.25) is 0 Å². The number of rotatable bonds is 9. The van der Waals surface area contributed by atoms with Crippen LogP contribution in [0.15, 0.2) is 29.2 Å². The van der Waals surface area contributed by atoms with Crippen LogP contribution < -0.4 is 5.32 Å². The summed E-state index contributed by atoms with van der Waals surface area (Å²) in [7, 11) is 0. The van der Waals surface area contributed by atoms with Crippen LogP contribution in [0.2, 0.25) is 0 Å². The van der Waals surface area contributed by atoms with Crippen molar-refractivity contribution < 1.29 is 9.53 Å². The maximum absolute atomic E-state index is 12.9. The number of hydrogen-bond donors (Lipinski definition) is 1. The Hall–Kier alpha value is -1.04. The zero-order valence-corrected chi connectivity index (χ0v) is 17.5. The highest BCUT2D eigenvalue weighted by Gasteiger charge is 2.27. The van der Waals surface area contributed by atoms with E-state index in [9.17, 15) is 4.79 Å². The number of morpholine rings is 1. The van der Waals surface area contributed by atoms with Crippen molar-refractivity contribution in [2.24, 2.45) is 5.92 Å². The number of benzene rings is 1. The monoisotopic (exact) mass is 378 g/mol. The first-order valence-electron chi connectivity index (χ1n) is 9.92. The minimum absolute atomic E-state index is 0.0398. The Morgan fingerprint density at radius 1 is 1.19 bits per heavy atom. The first kappa shape index (κ1) is 21.3. The molecule has 1 aliphatic heterocycles. The van der Waals surface area contributed by atoms with E-state index < -0.39 is 0 Å². The van der Waals surface area contributed by atoms with Gasteiger partial charge in [0.15, 0.2) is 0 Å². The number of carbonyl (C=O) groups is 1. The fourth-order valence-corrected chi connectivity index (χ4v) is 4.59. The molecule has 1 atom stereocenters. The fraction of sp³-hybridized carbons (Fsp3) is 0.667. The molecule has 1 aromatic carbocycles. The van der Waals surface area contributed by atoms with Gasteiger partial charge in [-0.3, -0.25) is 9.69 Å². The molecule has 5 heteroatoms. The summed E-state index contributed by atoms with van der Waals surface area (Å²) in [5.74, 6) is 0.631. The van der Waals surface area contributed by atoms with Gasteiger partial charge in [-0.05, 0) is 18.1 Å². The number of amides is 1. The van der Waals surface area contributed by atoms with Gasteiger partial charge in [-0.15, -0.1) is 11.8 Å². The molecule has 0 aromatic heterocycles. The van der Waals surface area contributed by atoms with Crippen molar-refractivity contribution in [1.82, 2.24) is 10.2 Å². The smallest absolute Gasteiger partial charge is 0.252 e. The normalized spacial score (nSPS) is 16.8. The van der Waals surface area contributed by atoms with E-state index in [0.717, 1.165) is 49.6 Å². The van der Waals surface area contributed by atoms with Crippen molar-refractivity contribution in [2.75, 3.05) is 32.8 Å². The van der Waals surface area contributed by atoms with Gasteiger partial charge in [-0.2, -0.15) is 0 Å². The van der Waals surface area contributed by atoms with Gasteiger partial charge in [-0.25, -0.2) is 0 Å². The number of nitrogens with zero attached hydrogens (tertiary/aromatic N) is 1. The first-order valence-corrected chi connectivity index (χ1v) is 10.8. The third kappa shape index (κ3) is 6.00. The molecule has 0 aliphatic carbocycles. The first-order chi connectivity index (χ1) is 12.6. The lowest BCUT2D eigenvalue weighted by molar-refractivity contribution is 0.00190. The molecular formula is C21H34N2O2S. The van der Waals surface area contributed by atoms with Crippen LogP contribution >= 0.6 is 11.8 Å². The summed E-state index contributed by atoms with van der Waals surface area (Å²) in [6.07, 6.45) is 2.27. The Labute approximate surface area is 163 Å². The Kier molecular flexibility index (Phi) is 8.96. The highest BCUT2D eigenvalue weighted by atomic mass is 32.2. The highest BCUT2D eigenvalue weighted by molar-refractivity contribution is 8.00. The van der Waals surface area contributed by atoms with Crippen LogP contribution in [0.4, 0.5) is 0 Å². The number of thioether (sulfide) groups is 1. The Bertz CT molecular complexity index is 555. The zero-order valence-electron chi connectivity index (χ0n) is 16.7. The molecule has 1 N–H and O–H groups in total. The van der Waals surface area contributed by atoms with Gasteiger partial charge >= 0.3 is 0 Å². The summed E-state index contributed by atoms with van der Waals surface area (Å²) < 4.78 is 5.51. The predicted molar refractivity (Wildman–Crippen MR) is 110 cm³/mol. The standard InChI is InChI=1S/C21H34N2O2S/c1-5-17(6-2)19(23-11-13-25-14-12-23)15-22-21(24)18-9-7-8-10-20(18)26-16(3)4/h7-10,16-17,19H,5-6,11-15H2,1-4H3,(H,22,24). The number of ether oxygens (including phenoxy) is 1. The van der Waals surface area contributed by atoms with E-state index in [2.05, 4.69) is 37.9 Å². The number of nitrogens with one attached hydrogen (secondary N) is 1. The van der Waals surface area contributed by atoms with Gasteiger partial charge in [0.25, 0.3) is 5.91 Å². The van der Waals surface area contributed by atoms with Gasteiger partial charge < -0.3 is 10.1 Å². The Morgan fingerprint density at radius 3 is 2.46 bits per heavy atom. The lowest BCUT2D eigenvalue weighted by Gasteiger charge is -2.38. The average Bonchev–Trinajstić information content (AvgIpc) is 2.65. The molecule has 1 heterocycles. The van der Waals surface area contributed by atoms with Crippen LogP contribution in [0.3, 0.4) is 0 Å². The van der Waals surface area contributed by atoms with Crippen LogP contribution in [0, 0.1) is 5.92 Å². The minimum Gasteiger partial charge on any atom is -0.379 e. The van der Waals surface area contributed by atoms with E-state index in [1.165, 1.54) is 0 Å². The van der Waals surface area contributed by atoms with Crippen molar-refractivity contribution in [3.05, 3.63) is 29.8 Å². The average molecular weight is 379 g/mol. The molecule has 0 saturated carbocycles. The number of carbonyl (C=O) groups excluding carboxylic acids is 1. The summed E-state index contributed by atoms with van der Waals surface area (Å²) in [4.78, 5) is 16.4. The zero-order chi connectivity index (χ0) is 18.9. The fourth-order valence-electron chi connectivity index (χ4n) is 3.64. The molecule has 146 valence electrons. The molecule has 2 rings (SSSR count). The molecular weight excluding hydrogens is 344 g/mol. The molecule has 4 nitrogen and oxygen atoms in total. The van der Waals surface area contributed by atoms with Crippen molar-refractivity contribution in [3.63, 3.8) is 0 Å². The largest absolute Gasteiger partial charge is 0.379 e. The summed E-state index contributed by atoms with van der Waals surface area (Å²) >= 11 is 1.74. The molecule has 1 aromatic rings. The van der Waals surface area contributed by atoms with E-state index in [-0.39, 0.29) is 5.91 Å². The lowest BCUT2D eigenvalue weighted by Crippen LogP contribution is -2.52. The quantitative estimate of drug-likeness (QED) is 0.658. The Morgan fingerprint density at radius 2 is 1.85 bits per heavy atom.